The van der Waals surface area contributed by atoms with E-state index in [-0.39, 0.29) is 11.9 Å². The first-order valence-corrected chi connectivity index (χ1v) is 7.78. The third kappa shape index (κ3) is 3.14. The maximum Gasteiger partial charge on any atom is 0.261 e. The lowest BCUT2D eigenvalue weighted by Gasteiger charge is -2.21. The van der Waals surface area contributed by atoms with Crippen molar-refractivity contribution in [1.82, 2.24) is 5.32 Å². The summed E-state index contributed by atoms with van der Waals surface area (Å²) in [6, 6.07) is 9.01. The Morgan fingerprint density at radius 2 is 2.00 bits per heavy atom. The van der Waals surface area contributed by atoms with E-state index in [1.54, 1.807) is 12.1 Å². The van der Waals surface area contributed by atoms with Gasteiger partial charge in [-0.25, -0.2) is 0 Å². The monoisotopic (exact) mass is 323 g/mol. The molecular weight excluding hydrogens is 310 g/mol. The highest BCUT2D eigenvalue weighted by atomic mass is 35.5. The zero-order valence-electron chi connectivity index (χ0n) is 11.4. The molecule has 21 heavy (non-hydrogen) atoms. The number of nitrogens with one attached hydrogen (secondary N) is 1. The highest BCUT2D eigenvalue weighted by Crippen LogP contribution is 2.32. The molecule has 1 aromatic heterocycles. The van der Waals surface area contributed by atoms with Crippen LogP contribution in [0.25, 0.3) is 0 Å². The maximum absolute atomic E-state index is 12.1. The average Bonchev–Trinajstić information content (AvgIpc) is 2.93. The number of fused-ring (bicyclic) bond motifs is 1. The molecule has 2 heterocycles. The van der Waals surface area contributed by atoms with Crippen LogP contribution in [-0.2, 0) is 0 Å². The quantitative estimate of drug-likeness (QED) is 0.937. The molecule has 1 atom stereocenters. The van der Waals surface area contributed by atoms with Crippen LogP contribution < -0.4 is 14.8 Å². The van der Waals surface area contributed by atoms with Gasteiger partial charge >= 0.3 is 0 Å². The Bertz CT molecular complexity index is 671. The highest BCUT2D eigenvalue weighted by Gasteiger charge is 2.17. The van der Waals surface area contributed by atoms with Gasteiger partial charge in [-0.1, -0.05) is 17.7 Å². The van der Waals surface area contributed by atoms with Crippen molar-refractivity contribution in [2.45, 2.75) is 13.0 Å². The molecule has 4 nitrogen and oxygen atoms in total. The molecule has 0 aliphatic carbocycles. The molecule has 1 amide bonds. The van der Waals surface area contributed by atoms with Gasteiger partial charge in [0, 0.05) is 0 Å². The summed E-state index contributed by atoms with van der Waals surface area (Å²) in [6.45, 7) is 3.04. The van der Waals surface area contributed by atoms with Gasteiger partial charge in [0.1, 0.15) is 13.2 Å². The van der Waals surface area contributed by atoms with Gasteiger partial charge in [0.05, 0.1) is 15.3 Å². The molecule has 0 bridgehead atoms. The van der Waals surface area contributed by atoms with E-state index in [1.165, 1.54) is 11.3 Å². The Morgan fingerprint density at radius 1 is 1.24 bits per heavy atom. The first-order valence-electron chi connectivity index (χ1n) is 6.59. The van der Waals surface area contributed by atoms with E-state index < -0.39 is 0 Å². The van der Waals surface area contributed by atoms with Gasteiger partial charge in [0.15, 0.2) is 11.5 Å². The highest BCUT2D eigenvalue weighted by molar-refractivity contribution is 7.17. The molecule has 1 aliphatic rings. The summed E-state index contributed by atoms with van der Waals surface area (Å²) in [7, 11) is 0. The van der Waals surface area contributed by atoms with Crippen LogP contribution in [0.15, 0.2) is 30.3 Å². The fourth-order valence-corrected chi connectivity index (χ4v) is 3.06. The van der Waals surface area contributed by atoms with Crippen molar-refractivity contribution in [2.75, 3.05) is 13.2 Å². The first-order chi connectivity index (χ1) is 10.1. The molecule has 0 spiro atoms. The number of thiophene rings is 1. The lowest BCUT2D eigenvalue weighted by molar-refractivity contribution is 0.0944. The summed E-state index contributed by atoms with van der Waals surface area (Å²) in [4.78, 5) is 12.7. The van der Waals surface area contributed by atoms with Crippen LogP contribution in [0.1, 0.15) is 28.2 Å². The minimum absolute atomic E-state index is 0.130. The molecule has 2 aromatic rings. The standard InChI is InChI=1S/C15H14ClNO3S/c1-9(17-15(18)13-4-5-14(16)21-13)10-2-3-11-12(8-10)20-7-6-19-11/h2-5,8-9H,6-7H2,1H3,(H,17,18). The number of hydrogen-bond acceptors (Lipinski definition) is 4. The van der Waals surface area contributed by atoms with Gasteiger partial charge in [0.2, 0.25) is 0 Å². The molecular formula is C15H14ClNO3S. The van der Waals surface area contributed by atoms with Crippen LogP contribution in [0, 0.1) is 0 Å². The molecule has 0 saturated heterocycles. The van der Waals surface area contributed by atoms with E-state index >= 15 is 0 Å². The minimum Gasteiger partial charge on any atom is -0.486 e. The summed E-state index contributed by atoms with van der Waals surface area (Å²) >= 11 is 7.11. The Balaban J connectivity index is 1.73. The Kier molecular flexibility index (Phi) is 4.03. The second-order valence-corrected chi connectivity index (χ2v) is 6.42. The lowest BCUT2D eigenvalue weighted by atomic mass is 10.1. The number of carbonyl (C=O) groups is 1. The normalized spacial score (nSPS) is 14.6. The second-order valence-electron chi connectivity index (χ2n) is 4.70. The number of halogens is 1. The van der Waals surface area contributed by atoms with Gasteiger partial charge in [-0.05, 0) is 36.8 Å². The van der Waals surface area contributed by atoms with Crippen molar-refractivity contribution in [1.29, 1.82) is 0 Å². The van der Waals surface area contributed by atoms with Crippen molar-refractivity contribution in [3.63, 3.8) is 0 Å². The number of carbonyl (C=O) groups excluding carboxylic acids is 1. The topological polar surface area (TPSA) is 47.6 Å². The summed E-state index contributed by atoms with van der Waals surface area (Å²) < 4.78 is 11.6. The molecule has 110 valence electrons. The summed E-state index contributed by atoms with van der Waals surface area (Å²) in [5, 5.41) is 2.95. The van der Waals surface area contributed by atoms with E-state index in [0.29, 0.717) is 22.4 Å². The molecule has 1 aromatic carbocycles. The van der Waals surface area contributed by atoms with Crippen LogP contribution in [-0.4, -0.2) is 19.1 Å². The minimum atomic E-state index is -0.130. The van der Waals surface area contributed by atoms with Crippen molar-refractivity contribution < 1.29 is 14.3 Å². The van der Waals surface area contributed by atoms with Gasteiger partial charge in [-0.15, -0.1) is 11.3 Å². The van der Waals surface area contributed by atoms with Crippen LogP contribution in [0.4, 0.5) is 0 Å². The zero-order valence-corrected chi connectivity index (χ0v) is 13.0. The summed E-state index contributed by atoms with van der Waals surface area (Å²) in [5.41, 5.74) is 0.968. The van der Waals surface area contributed by atoms with E-state index in [4.69, 9.17) is 21.1 Å². The molecule has 1 N–H and O–H groups in total. The van der Waals surface area contributed by atoms with Gasteiger partial charge in [-0.3, -0.25) is 4.79 Å². The number of benzene rings is 1. The predicted molar refractivity (Wildman–Crippen MR) is 82.6 cm³/mol. The Labute approximate surface area is 131 Å². The largest absolute Gasteiger partial charge is 0.486 e. The molecule has 1 unspecified atom stereocenters. The first kappa shape index (κ1) is 14.2. The smallest absolute Gasteiger partial charge is 0.261 e. The molecule has 1 aliphatic heterocycles. The molecule has 0 radical (unpaired) electrons. The fraction of sp³-hybridized carbons (Fsp3) is 0.267. The molecule has 3 rings (SSSR count). The average molecular weight is 324 g/mol. The molecule has 6 heteroatoms. The van der Waals surface area contributed by atoms with Crippen molar-refractivity contribution in [3.8, 4) is 11.5 Å². The van der Waals surface area contributed by atoms with Crippen LogP contribution in [0.5, 0.6) is 11.5 Å². The lowest BCUT2D eigenvalue weighted by Crippen LogP contribution is -2.26. The summed E-state index contributed by atoms with van der Waals surface area (Å²) in [5.74, 6) is 1.34. The van der Waals surface area contributed by atoms with Gasteiger partial charge < -0.3 is 14.8 Å². The van der Waals surface area contributed by atoms with E-state index in [2.05, 4.69) is 5.32 Å². The zero-order chi connectivity index (χ0) is 14.8. The SMILES string of the molecule is CC(NC(=O)c1ccc(Cl)s1)c1ccc2c(c1)OCCO2. The molecule has 0 fully saturated rings. The number of ether oxygens (including phenoxy) is 2. The van der Waals surface area contributed by atoms with Crippen LogP contribution >= 0.6 is 22.9 Å². The third-order valence-corrected chi connectivity index (χ3v) is 4.44. The third-order valence-electron chi connectivity index (χ3n) is 3.21. The second kappa shape index (κ2) is 5.95. The van der Waals surface area contributed by atoms with E-state index in [1.807, 2.05) is 25.1 Å². The number of amides is 1. The van der Waals surface area contributed by atoms with Crippen LogP contribution in [0.2, 0.25) is 4.34 Å². The Morgan fingerprint density at radius 3 is 2.71 bits per heavy atom. The summed E-state index contributed by atoms with van der Waals surface area (Å²) in [6.07, 6.45) is 0. The van der Waals surface area contributed by atoms with E-state index in [0.717, 1.165) is 17.1 Å². The Hall–Kier alpha value is -1.72. The van der Waals surface area contributed by atoms with Crippen LogP contribution in [0.3, 0.4) is 0 Å². The fourth-order valence-electron chi connectivity index (χ4n) is 2.12. The van der Waals surface area contributed by atoms with E-state index in [9.17, 15) is 4.79 Å². The maximum atomic E-state index is 12.1. The number of hydrogen-bond donors (Lipinski definition) is 1. The predicted octanol–water partition coefficient (Wildman–Crippen LogP) is 3.66. The van der Waals surface area contributed by atoms with Crippen molar-refractivity contribution >= 4 is 28.8 Å². The van der Waals surface area contributed by atoms with Gasteiger partial charge in [0.25, 0.3) is 5.91 Å². The number of rotatable bonds is 3. The molecule has 0 saturated carbocycles. The van der Waals surface area contributed by atoms with Crippen molar-refractivity contribution in [3.05, 3.63) is 45.1 Å². The van der Waals surface area contributed by atoms with Gasteiger partial charge in [-0.2, -0.15) is 0 Å². The van der Waals surface area contributed by atoms with Crippen molar-refractivity contribution in [2.24, 2.45) is 0 Å².